The molecule has 74 valence electrons. The summed E-state index contributed by atoms with van der Waals surface area (Å²) in [5, 5.41) is 4.60. The molecular formula is C8H14ClN3S. The third-order valence-corrected chi connectivity index (χ3v) is 3.27. The van der Waals surface area contributed by atoms with Crippen molar-refractivity contribution in [1.82, 2.24) is 14.8 Å². The summed E-state index contributed by atoms with van der Waals surface area (Å²) in [5.74, 6) is 2.66. The lowest BCUT2D eigenvalue weighted by atomic mass is 10.4. The lowest BCUT2D eigenvalue weighted by Gasteiger charge is -2.07. The van der Waals surface area contributed by atoms with Crippen molar-refractivity contribution in [2.24, 2.45) is 7.05 Å². The van der Waals surface area contributed by atoms with Crippen LogP contribution in [0.5, 0.6) is 0 Å². The molecule has 1 rings (SSSR count). The van der Waals surface area contributed by atoms with E-state index in [2.05, 4.69) is 17.0 Å². The number of halogens is 1. The normalized spacial score (nSPS) is 13.2. The maximum absolute atomic E-state index is 5.64. The van der Waals surface area contributed by atoms with E-state index in [1.807, 2.05) is 18.8 Å². The van der Waals surface area contributed by atoms with Gasteiger partial charge < -0.3 is 0 Å². The Hall–Kier alpha value is -0.220. The van der Waals surface area contributed by atoms with Crippen molar-refractivity contribution in [3.05, 3.63) is 12.2 Å². The highest BCUT2D eigenvalue weighted by Gasteiger charge is 2.05. The van der Waals surface area contributed by atoms with Gasteiger partial charge in [0.25, 0.3) is 0 Å². The van der Waals surface area contributed by atoms with Crippen LogP contribution in [0.3, 0.4) is 0 Å². The number of hydrogen-bond donors (Lipinski definition) is 0. The van der Waals surface area contributed by atoms with Gasteiger partial charge in [-0.25, -0.2) is 4.98 Å². The summed E-state index contributed by atoms with van der Waals surface area (Å²) in [6, 6.07) is 0. The highest BCUT2D eigenvalue weighted by atomic mass is 35.5. The molecule has 0 bridgehead atoms. The van der Waals surface area contributed by atoms with E-state index in [-0.39, 0.29) is 0 Å². The smallest absolute Gasteiger partial charge is 0.138 e. The van der Waals surface area contributed by atoms with Crippen molar-refractivity contribution in [3.63, 3.8) is 0 Å². The second-order valence-electron chi connectivity index (χ2n) is 2.90. The molecule has 0 aliphatic carbocycles. The molecule has 0 saturated heterocycles. The number of nitrogens with zero attached hydrogens (tertiary/aromatic N) is 3. The molecule has 3 nitrogen and oxygen atoms in total. The summed E-state index contributed by atoms with van der Waals surface area (Å²) < 4.78 is 1.81. The number of aromatic nitrogens is 3. The van der Waals surface area contributed by atoms with Crippen LogP contribution in [0, 0.1) is 0 Å². The third-order valence-electron chi connectivity index (χ3n) is 1.82. The number of aryl methyl sites for hydroxylation is 1. The van der Waals surface area contributed by atoms with Gasteiger partial charge in [0.15, 0.2) is 0 Å². The van der Waals surface area contributed by atoms with Crippen LogP contribution in [0.1, 0.15) is 19.2 Å². The average Bonchev–Trinajstić information content (AvgIpc) is 2.48. The lowest BCUT2D eigenvalue weighted by Crippen LogP contribution is -2.02. The van der Waals surface area contributed by atoms with E-state index in [1.165, 1.54) is 0 Å². The second kappa shape index (κ2) is 5.50. The molecule has 0 fully saturated rings. The first-order valence-electron chi connectivity index (χ1n) is 4.24. The van der Waals surface area contributed by atoms with Crippen molar-refractivity contribution in [2.45, 2.75) is 24.3 Å². The molecule has 0 amide bonds. The minimum absolute atomic E-state index is 0.592. The maximum Gasteiger partial charge on any atom is 0.138 e. The Labute approximate surface area is 87.9 Å². The van der Waals surface area contributed by atoms with E-state index in [1.54, 1.807) is 11.0 Å². The van der Waals surface area contributed by atoms with Crippen molar-refractivity contribution in [1.29, 1.82) is 0 Å². The zero-order chi connectivity index (χ0) is 9.68. The monoisotopic (exact) mass is 219 g/mol. The second-order valence-corrected chi connectivity index (χ2v) is 4.70. The standard InChI is InChI=1S/C8H14ClN3S/c1-7(3-4-9)13-5-8-10-6-11-12(8)2/h6-7H,3-5H2,1-2H3. The molecule has 1 aromatic heterocycles. The van der Waals surface area contributed by atoms with Crippen molar-refractivity contribution >= 4 is 23.4 Å². The van der Waals surface area contributed by atoms with Crippen LogP contribution in [0.15, 0.2) is 6.33 Å². The first-order valence-corrected chi connectivity index (χ1v) is 5.82. The Balaban J connectivity index is 2.30. The largest absolute Gasteiger partial charge is 0.252 e. The molecule has 0 radical (unpaired) electrons. The van der Waals surface area contributed by atoms with Crippen LogP contribution in [-0.4, -0.2) is 25.9 Å². The predicted octanol–water partition coefficient (Wildman–Crippen LogP) is 2.07. The molecule has 0 spiro atoms. The number of hydrogen-bond acceptors (Lipinski definition) is 3. The summed E-state index contributed by atoms with van der Waals surface area (Å²) in [6.07, 6.45) is 2.63. The van der Waals surface area contributed by atoms with Crippen LogP contribution < -0.4 is 0 Å². The fourth-order valence-electron chi connectivity index (χ4n) is 0.905. The Morgan fingerprint density at radius 1 is 1.69 bits per heavy atom. The van der Waals surface area contributed by atoms with Crippen molar-refractivity contribution in [3.8, 4) is 0 Å². The van der Waals surface area contributed by atoms with Gasteiger partial charge in [-0.1, -0.05) is 6.92 Å². The molecule has 0 aliphatic heterocycles. The van der Waals surface area contributed by atoms with Gasteiger partial charge in [-0.2, -0.15) is 16.9 Å². The molecule has 1 atom stereocenters. The molecule has 1 aromatic rings. The van der Waals surface area contributed by atoms with E-state index in [9.17, 15) is 0 Å². The Morgan fingerprint density at radius 2 is 2.46 bits per heavy atom. The lowest BCUT2D eigenvalue weighted by molar-refractivity contribution is 0.729. The predicted molar refractivity (Wildman–Crippen MR) is 57.1 cm³/mol. The average molecular weight is 220 g/mol. The molecular weight excluding hydrogens is 206 g/mol. The minimum Gasteiger partial charge on any atom is -0.252 e. The van der Waals surface area contributed by atoms with Gasteiger partial charge in [-0.05, 0) is 6.42 Å². The first kappa shape index (κ1) is 10.9. The summed E-state index contributed by atoms with van der Waals surface area (Å²) in [4.78, 5) is 4.15. The fourth-order valence-corrected chi connectivity index (χ4v) is 2.34. The van der Waals surface area contributed by atoms with Crippen LogP contribution >= 0.6 is 23.4 Å². The summed E-state index contributed by atoms with van der Waals surface area (Å²) >= 11 is 7.51. The molecule has 13 heavy (non-hydrogen) atoms. The molecule has 1 unspecified atom stereocenters. The summed E-state index contributed by atoms with van der Waals surface area (Å²) in [6.45, 7) is 2.18. The molecule has 0 aromatic carbocycles. The maximum atomic E-state index is 5.64. The van der Waals surface area contributed by atoms with Crippen LogP contribution in [0.25, 0.3) is 0 Å². The molecule has 0 saturated carbocycles. The molecule has 5 heteroatoms. The van der Waals surface area contributed by atoms with E-state index in [0.29, 0.717) is 5.25 Å². The molecule has 1 heterocycles. The Morgan fingerprint density at radius 3 is 3.00 bits per heavy atom. The number of alkyl halides is 1. The van der Waals surface area contributed by atoms with Gasteiger partial charge in [-0.3, -0.25) is 4.68 Å². The van der Waals surface area contributed by atoms with Gasteiger partial charge in [-0.15, -0.1) is 11.6 Å². The van der Waals surface area contributed by atoms with E-state index in [0.717, 1.165) is 23.9 Å². The van der Waals surface area contributed by atoms with Crippen molar-refractivity contribution < 1.29 is 0 Å². The number of thioether (sulfide) groups is 1. The quantitative estimate of drug-likeness (QED) is 0.711. The molecule has 0 aliphatic rings. The summed E-state index contributed by atoms with van der Waals surface area (Å²) in [7, 11) is 1.91. The van der Waals surface area contributed by atoms with Crippen LogP contribution in [-0.2, 0) is 12.8 Å². The van der Waals surface area contributed by atoms with E-state index in [4.69, 9.17) is 11.6 Å². The van der Waals surface area contributed by atoms with Crippen LogP contribution in [0.4, 0.5) is 0 Å². The SMILES string of the molecule is CC(CCCl)SCc1ncnn1C. The van der Waals surface area contributed by atoms with Gasteiger partial charge in [0, 0.05) is 18.2 Å². The van der Waals surface area contributed by atoms with E-state index < -0.39 is 0 Å². The molecule has 0 N–H and O–H groups in total. The van der Waals surface area contributed by atoms with Crippen molar-refractivity contribution in [2.75, 3.05) is 5.88 Å². The number of rotatable bonds is 5. The highest BCUT2D eigenvalue weighted by Crippen LogP contribution is 2.18. The van der Waals surface area contributed by atoms with Gasteiger partial charge >= 0.3 is 0 Å². The minimum atomic E-state index is 0.592. The third kappa shape index (κ3) is 3.56. The summed E-state index contributed by atoms with van der Waals surface area (Å²) in [5.41, 5.74) is 0. The van der Waals surface area contributed by atoms with Crippen LogP contribution in [0.2, 0.25) is 0 Å². The fraction of sp³-hybridized carbons (Fsp3) is 0.750. The van der Waals surface area contributed by atoms with E-state index >= 15 is 0 Å². The highest BCUT2D eigenvalue weighted by molar-refractivity contribution is 7.99. The van der Waals surface area contributed by atoms with Gasteiger partial charge in [0.1, 0.15) is 12.2 Å². The topological polar surface area (TPSA) is 30.7 Å². The Kier molecular flexibility index (Phi) is 4.59. The van der Waals surface area contributed by atoms with Gasteiger partial charge in [0.05, 0.1) is 5.75 Å². The van der Waals surface area contributed by atoms with Gasteiger partial charge in [0.2, 0.25) is 0 Å². The first-order chi connectivity index (χ1) is 6.24. The zero-order valence-corrected chi connectivity index (χ0v) is 9.48. The zero-order valence-electron chi connectivity index (χ0n) is 7.90. The Bertz CT molecular complexity index is 251.